The summed E-state index contributed by atoms with van der Waals surface area (Å²) in [5.41, 5.74) is 0.943. The van der Waals surface area contributed by atoms with E-state index in [0.717, 1.165) is 11.3 Å². The number of ether oxygens (including phenoxy) is 1. The van der Waals surface area contributed by atoms with Gasteiger partial charge in [-0.05, 0) is 24.1 Å². The monoisotopic (exact) mass is 317 g/mol. The van der Waals surface area contributed by atoms with Crippen LogP contribution in [0.15, 0.2) is 36.0 Å². The summed E-state index contributed by atoms with van der Waals surface area (Å²) in [7, 11) is 1.59. The molecule has 0 fully saturated rings. The van der Waals surface area contributed by atoms with Crippen LogP contribution < -0.4 is 15.4 Å². The van der Waals surface area contributed by atoms with Gasteiger partial charge in [0.1, 0.15) is 17.4 Å². The second-order valence-corrected chi connectivity index (χ2v) is 4.62. The van der Waals surface area contributed by atoms with Gasteiger partial charge in [0.2, 0.25) is 0 Å². The fourth-order valence-corrected chi connectivity index (χ4v) is 1.71. The lowest BCUT2D eigenvalue weighted by molar-refractivity contribution is -0.136. The maximum atomic E-state index is 11.8. The molecular weight excluding hydrogens is 298 g/mol. The summed E-state index contributed by atoms with van der Waals surface area (Å²) >= 11 is 0. The number of aliphatic carboxylic acids is 1. The first-order valence-electron chi connectivity index (χ1n) is 7.03. The molecule has 7 nitrogen and oxygen atoms in total. The molecule has 0 aromatic heterocycles. The third-order valence-electron chi connectivity index (χ3n) is 2.95. The van der Waals surface area contributed by atoms with E-state index in [1.807, 2.05) is 24.3 Å². The summed E-state index contributed by atoms with van der Waals surface area (Å²) in [6.45, 7) is 0.541. The first kappa shape index (κ1) is 18.0. The average Bonchev–Trinajstić information content (AvgIpc) is 2.55. The minimum absolute atomic E-state index is 0.0890. The largest absolute Gasteiger partial charge is 0.497 e. The summed E-state index contributed by atoms with van der Waals surface area (Å²) in [4.78, 5) is 22.2. The molecule has 0 saturated heterocycles. The van der Waals surface area contributed by atoms with Gasteiger partial charge < -0.3 is 20.5 Å². The first-order valence-corrected chi connectivity index (χ1v) is 7.03. The molecule has 1 amide bonds. The lowest BCUT2D eigenvalue weighted by Crippen LogP contribution is -2.28. The Morgan fingerprint density at radius 1 is 1.30 bits per heavy atom. The zero-order valence-electron chi connectivity index (χ0n) is 12.8. The molecular formula is C16H19N3O4. The van der Waals surface area contributed by atoms with Gasteiger partial charge in [-0.25, -0.2) is 0 Å². The number of nitrogens with zero attached hydrogens (tertiary/aromatic N) is 1. The van der Waals surface area contributed by atoms with E-state index in [-0.39, 0.29) is 18.5 Å². The van der Waals surface area contributed by atoms with E-state index in [0.29, 0.717) is 13.0 Å². The van der Waals surface area contributed by atoms with Crippen molar-refractivity contribution in [1.29, 1.82) is 5.26 Å². The zero-order chi connectivity index (χ0) is 17.1. The molecule has 122 valence electrons. The number of nitriles is 1. The molecule has 1 rings (SSSR count). The van der Waals surface area contributed by atoms with Gasteiger partial charge in [-0.1, -0.05) is 12.1 Å². The number of nitrogens with one attached hydrogen (secondary N) is 2. The number of amides is 1. The third kappa shape index (κ3) is 7.00. The average molecular weight is 317 g/mol. The minimum Gasteiger partial charge on any atom is -0.497 e. The van der Waals surface area contributed by atoms with Crippen LogP contribution in [0.1, 0.15) is 12.0 Å². The Bertz CT molecular complexity index is 603. The van der Waals surface area contributed by atoms with E-state index in [2.05, 4.69) is 10.6 Å². The smallest absolute Gasteiger partial charge is 0.305 e. The second kappa shape index (κ2) is 9.84. The van der Waals surface area contributed by atoms with Crippen molar-refractivity contribution in [3.63, 3.8) is 0 Å². The molecule has 1 aromatic carbocycles. The molecule has 0 bridgehead atoms. The van der Waals surface area contributed by atoms with Crippen LogP contribution >= 0.6 is 0 Å². The van der Waals surface area contributed by atoms with Crippen LogP contribution in [0.3, 0.4) is 0 Å². The number of benzene rings is 1. The molecule has 0 radical (unpaired) electrons. The summed E-state index contributed by atoms with van der Waals surface area (Å²) in [6, 6.07) is 9.26. The molecule has 23 heavy (non-hydrogen) atoms. The van der Waals surface area contributed by atoms with Crippen molar-refractivity contribution in [1.82, 2.24) is 10.6 Å². The summed E-state index contributed by atoms with van der Waals surface area (Å²) in [6.07, 6.45) is 1.76. The summed E-state index contributed by atoms with van der Waals surface area (Å²) < 4.78 is 5.06. The Kier molecular flexibility index (Phi) is 7.72. The molecule has 0 aliphatic rings. The molecule has 1 aromatic rings. The number of hydrogen-bond donors (Lipinski definition) is 3. The Morgan fingerprint density at radius 2 is 2.00 bits per heavy atom. The minimum atomic E-state index is -0.951. The maximum absolute atomic E-state index is 11.8. The van der Waals surface area contributed by atoms with E-state index in [9.17, 15) is 9.59 Å². The van der Waals surface area contributed by atoms with Gasteiger partial charge in [0.15, 0.2) is 0 Å². The Balaban J connectivity index is 2.39. The summed E-state index contributed by atoms with van der Waals surface area (Å²) in [5, 5.41) is 22.7. The molecule has 3 N–H and O–H groups in total. The Labute approximate surface area is 134 Å². The first-order chi connectivity index (χ1) is 11.1. The number of carboxylic acid groups (broad SMARTS) is 1. The van der Waals surface area contributed by atoms with Gasteiger partial charge in [-0.2, -0.15) is 5.26 Å². The number of rotatable bonds is 9. The highest BCUT2D eigenvalue weighted by Crippen LogP contribution is 2.11. The molecule has 0 aliphatic carbocycles. The number of carbonyl (C=O) groups excluding carboxylic acids is 1. The van der Waals surface area contributed by atoms with Gasteiger partial charge in [-0.15, -0.1) is 0 Å². The number of carboxylic acids is 1. The van der Waals surface area contributed by atoms with Crippen LogP contribution in [-0.2, 0) is 16.0 Å². The summed E-state index contributed by atoms with van der Waals surface area (Å²) in [5.74, 6) is -0.683. The Morgan fingerprint density at radius 3 is 2.57 bits per heavy atom. The quantitative estimate of drug-likeness (QED) is 0.353. The third-order valence-corrected chi connectivity index (χ3v) is 2.95. The van der Waals surface area contributed by atoms with Crippen molar-refractivity contribution in [3.8, 4) is 11.8 Å². The van der Waals surface area contributed by atoms with Crippen molar-refractivity contribution >= 4 is 11.9 Å². The lowest BCUT2D eigenvalue weighted by atomic mass is 10.1. The normalized spacial score (nSPS) is 10.5. The van der Waals surface area contributed by atoms with Gasteiger partial charge in [0, 0.05) is 19.3 Å². The van der Waals surface area contributed by atoms with Crippen LogP contribution in [0.5, 0.6) is 5.75 Å². The van der Waals surface area contributed by atoms with Gasteiger partial charge in [0.25, 0.3) is 5.91 Å². The van der Waals surface area contributed by atoms with Crippen molar-refractivity contribution in [2.24, 2.45) is 0 Å². The molecule has 0 unspecified atom stereocenters. The molecule has 0 saturated carbocycles. The molecule has 0 spiro atoms. The predicted molar refractivity (Wildman–Crippen MR) is 83.7 cm³/mol. The Hall–Kier alpha value is -3.01. The van der Waals surface area contributed by atoms with Gasteiger partial charge in [-0.3, -0.25) is 9.59 Å². The van der Waals surface area contributed by atoms with E-state index >= 15 is 0 Å². The van der Waals surface area contributed by atoms with Crippen LogP contribution in [0, 0.1) is 11.3 Å². The fraction of sp³-hybridized carbons (Fsp3) is 0.312. The van der Waals surface area contributed by atoms with E-state index in [4.69, 9.17) is 15.1 Å². The van der Waals surface area contributed by atoms with E-state index < -0.39 is 11.9 Å². The van der Waals surface area contributed by atoms with Crippen molar-refractivity contribution in [2.75, 3.05) is 20.2 Å². The van der Waals surface area contributed by atoms with Crippen LogP contribution in [0.2, 0.25) is 0 Å². The lowest BCUT2D eigenvalue weighted by Gasteiger charge is -2.06. The van der Waals surface area contributed by atoms with Crippen LogP contribution in [-0.4, -0.2) is 37.2 Å². The van der Waals surface area contributed by atoms with Gasteiger partial charge in [0.05, 0.1) is 13.5 Å². The van der Waals surface area contributed by atoms with E-state index in [1.54, 1.807) is 13.2 Å². The highest BCUT2D eigenvalue weighted by atomic mass is 16.5. The maximum Gasteiger partial charge on any atom is 0.305 e. The molecule has 0 aliphatic heterocycles. The van der Waals surface area contributed by atoms with Crippen LogP contribution in [0.25, 0.3) is 0 Å². The number of methoxy groups -OCH3 is 1. The van der Waals surface area contributed by atoms with Crippen LogP contribution in [0.4, 0.5) is 0 Å². The van der Waals surface area contributed by atoms with Gasteiger partial charge >= 0.3 is 5.97 Å². The highest BCUT2D eigenvalue weighted by Gasteiger charge is 2.08. The predicted octanol–water partition coefficient (Wildman–Crippen LogP) is 0.826. The topological polar surface area (TPSA) is 111 Å². The van der Waals surface area contributed by atoms with Crippen molar-refractivity contribution < 1.29 is 19.4 Å². The number of carbonyl (C=O) groups is 2. The SMILES string of the molecule is COc1ccc(CCNC(=O)/C(C#N)=C\NCCC(=O)O)cc1. The fourth-order valence-electron chi connectivity index (χ4n) is 1.71. The van der Waals surface area contributed by atoms with Crippen molar-refractivity contribution in [2.45, 2.75) is 12.8 Å². The molecule has 0 heterocycles. The standard InChI is InChI=1S/C16H19N3O4/c1-23-14-4-2-12(3-5-14)6-9-19-16(22)13(10-17)11-18-8-7-15(20)21/h2-5,11,18H,6-9H2,1H3,(H,19,22)(H,20,21)/b13-11-. The molecule has 7 heteroatoms. The second-order valence-electron chi connectivity index (χ2n) is 4.62. The molecule has 0 atom stereocenters. The van der Waals surface area contributed by atoms with E-state index in [1.165, 1.54) is 6.20 Å². The zero-order valence-corrected chi connectivity index (χ0v) is 12.8. The highest BCUT2D eigenvalue weighted by molar-refractivity contribution is 5.97. The number of hydrogen-bond acceptors (Lipinski definition) is 5. The van der Waals surface area contributed by atoms with Crippen molar-refractivity contribution in [3.05, 3.63) is 41.6 Å².